The normalized spacial score (nSPS) is 23.9. The second-order valence-corrected chi connectivity index (χ2v) is 9.36. The number of anilines is 1. The summed E-state index contributed by atoms with van der Waals surface area (Å²) in [5.41, 5.74) is 5.96. The molecule has 0 spiro atoms. The summed E-state index contributed by atoms with van der Waals surface area (Å²) in [5.74, 6) is -3.41. The molecule has 5 rings (SSSR count). The van der Waals surface area contributed by atoms with Gasteiger partial charge in [-0.1, -0.05) is 0 Å². The standard InChI is InChI=1S/C26H25F3N4O3/c1-12-8-16(28)22(17(29)9-12)23-15(27)4-5-19(32-23)26(35)33-20-11-31-7-6-14(20)21-10-18(30)24(34)25(36-21)13-2-3-13/h4-9,11,13,18,21,24-25,34H,2-3,10,30H2,1H3,(H,33,35)/t18-,21-,24+,25-/m1/s1. The van der Waals surface area contributed by atoms with Gasteiger partial charge in [0.25, 0.3) is 5.91 Å². The molecule has 10 heteroatoms. The molecule has 0 unspecified atom stereocenters. The molecule has 0 bridgehead atoms. The first kappa shape index (κ1) is 24.4. The van der Waals surface area contributed by atoms with Gasteiger partial charge in [0, 0.05) is 17.8 Å². The highest BCUT2D eigenvalue weighted by Crippen LogP contribution is 2.43. The van der Waals surface area contributed by atoms with Gasteiger partial charge in [-0.25, -0.2) is 18.2 Å². The van der Waals surface area contributed by atoms with Gasteiger partial charge in [-0.3, -0.25) is 9.78 Å². The first-order valence-corrected chi connectivity index (χ1v) is 11.7. The van der Waals surface area contributed by atoms with Crippen molar-refractivity contribution in [2.45, 2.75) is 50.5 Å². The van der Waals surface area contributed by atoms with Crippen LogP contribution in [0.15, 0.2) is 42.7 Å². The molecule has 7 nitrogen and oxygen atoms in total. The Morgan fingerprint density at radius 3 is 2.56 bits per heavy atom. The van der Waals surface area contributed by atoms with Crippen molar-refractivity contribution in [3.8, 4) is 11.3 Å². The Morgan fingerprint density at radius 1 is 1.14 bits per heavy atom. The number of carbonyl (C=O) groups excluding carboxylic acids is 1. The molecule has 1 aliphatic heterocycles. The van der Waals surface area contributed by atoms with E-state index >= 15 is 0 Å². The number of ether oxygens (including phenoxy) is 1. The second-order valence-electron chi connectivity index (χ2n) is 9.36. The highest BCUT2D eigenvalue weighted by Gasteiger charge is 2.45. The number of aliphatic hydroxyl groups excluding tert-OH is 1. The van der Waals surface area contributed by atoms with Crippen LogP contribution in [-0.2, 0) is 4.74 Å². The molecule has 1 aromatic carbocycles. The predicted octanol–water partition coefficient (Wildman–Crippen LogP) is 4.05. The summed E-state index contributed by atoms with van der Waals surface area (Å²) in [6, 6.07) is 5.39. The number of nitrogens with zero attached hydrogens (tertiary/aromatic N) is 2. The number of carbonyl (C=O) groups is 1. The largest absolute Gasteiger partial charge is 0.389 e. The first-order valence-electron chi connectivity index (χ1n) is 11.7. The van der Waals surface area contributed by atoms with Crippen LogP contribution < -0.4 is 11.1 Å². The fraction of sp³-hybridized carbons (Fsp3) is 0.346. The SMILES string of the molecule is Cc1cc(F)c(-c2nc(C(=O)Nc3cnccc3[C@H]3C[C@@H](N)[C@H](O)[C@@H](C4CC4)O3)ccc2F)c(F)c1. The van der Waals surface area contributed by atoms with Crippen molar-refractivity contribution < 1.29 is 27.8 Å². The quantitative estimate of drug-likeness (QED) is 0.490. The van der Waals surface area contributed by atoms with E-state index in [0.717, 1.165) is 37.1 Å². The molecule has 3 aromatic rings. The van der Waals surface area contributed by atoms with Gasteiger partial charge in [0.1, 0.15) is 28.8 Å². The van der Waals surface area contributed by atoms with Crippen LogP contribution in [-0.4, -0.2) is 39.2 Å². The van der Waals surface area contributed by atoms with Crippen molar-refractivity contribution in [1.82, 2.24) is 9.97 Å². The molecular formula is C26H25F3N4O3. The van der Waals surface area contributed by atoms with Crippen LogP contribution in [0.3, 0.4) is 0 Å². The molecule has 2 aromatic heterocycles. The van der Waals surface area contributed by atoms with E-state index in [1.165, 1.54) is 13.1 Å². The number of nitrogens with one attached hydrogen (secondary N) is 1. The number of benzene rings is 1. The van der Waals surface area contributed by atoms with Gasteiger partial charge in [0.15, 0.2) is 0 Å². The molecular weight excluding hydrogens is 473 g/mol. The van der Waals surface area contributed by atoms with Gasteiger partial charge in [-0.2, -0.15) is 0 Å². The lowest BCUT2D eigenvalue weighted by Crippen LogP contribution is -2.50. The summed E-state index contributed by atoms with van der Waals surface area (Å²) in [6.07, 6.45) is 3.59. The second kappa shape index (κ2) is 9.61. The molecule has 2 aliphatic rings. The van der Waals surface area contributed by atoms with Gasteiger partial charge in [0.05, 0.1) is 35.8 Å². The summed E-state index contributed by atoms with van der Waals surface area (Å²) in [6.45, 7) is 1.51. The number of nitrogens with two attached hydrogens (primary N) is 1. The van der Waals surface area contributed by atoms with Crippen LogP contribution in [0.2, 0.25) is 0 Å². The van der Waals surface area contributed by atoms with E-state index in [0.29, 0.717) is 23.2 Å². The maximum atomic E-state index is 14.5. The number of aryl methyl sites for hydroxylation is 1. The maximum Gasteiger partial charge on any atom is 0.274 e. The van der Waals surface area contributed by atoms with Crippen molar-refractivity contribution in [3.63, 3.8) is 0 Å². The minimum atomic E-state index is -0.982. The fourth-order valence-corrected chi connectivity index (χ4v) is 4.62. The Labute approximate surface area is 205 Å². The van der Waals surface area contributed by atoms with E-state index in [-0.39, 0.29) is 11.6 Å². The van der Waals surface area contributed by atoms with E-state index in [1.54, 1.807) is 12.3 Å². The number of hydrogen-bond donors (Lipinski definition) is 3. The van der Waals surface area contributed by atoms with E-state index in [2.05, 4.69) is 15.3 Å². The highest BCUT2D eigenvalue weighted by atomic mass is 19.1. The monoisotopic (exact) mass is 498 g/mol. The minimum absolute atomic E-state index is 0.242. The van der Waals surface area contributed by atoms with Crippen molar-refractivity contribution in [2.75, 3.05) is 5.32 Å². The predicted molar refractivity (Wildman–Crippen MR) is 125 cm³/mol. The van der Waals surface area contributed by atoms with E-state index < -0.39 is 59.0 Å². The average Bonchev–Trinajstić information content (AvgIpc) is 3.67. The molecule has 4 N–H and O–H groups in total. The summed E-state index contributed by atoms with van der Waals surface area (Å²) in [7, 11) is 0. The molecule has 4 atom stereocenters. The zero-order valence-corrected chi connectivity index (χ0v) is 19.4. The number of aliphatic hydroxyl groups is 1. The van der Waals surface area contributed by atoms with Gasteiger partial charge in [-0.05, 0) is 68.0 Å². The van der Waals surface area contributed by atoms with Crippen LogP contribution in [0, 0.1) is 30.3 Å². The summed E-state index contributed by atoms with van der Waals surface area (Å²) < 4.78 is 49.6. The van der Waals surface area contributed by atoms with E-state index in [4.69, 9.17) is 10.5 Å². The smallest absolute Gasteiger partial charge is 0.274 e. The van der Waals surface area contributed by atoms with Crippen LogP contribution in [0.25, 0.3) is 11.3 Å². The van der Waals surface area contributed by atoms with Crippen LogP contribution >= 0.6 is 0 Å². The molecule has 1 aliphatic carbocycles. The Kier molecular flexibility index (Phi) is 6.50. The van der Waals surface area contributed by atoms with Crippen molar-refractivity contribution in [2.24, 2.45) is 11.7 Å². The zero-order chi connectivity index (χ0) is 25.6. The average molecular weight is 499 g/mol. The van der Waals surface area contributed by atoms with E-state index in [9.17, 15) is 23.1 Å². The first-order chi connectivity index (χ1) is 17.2. The Hall–Kier alpha value is -3.34. The topological polar surface area (TPSA) is 110 Å². The van der Waals surface area contributed by atoms with Crippen LogP contribution in [0.4, 0.5) is 18.9 Å². The number of rotatable bonds is 5. The lowest BCUT2D eigenvalue weighted by Gasteiger charge is -2.38. The molecule has 2 fully saturated rings. The van der Waals surface area contributed by atoms with Crippen LogP contribution in [0.5, 0.6) is 0 Å². The molecule has 188 valence electrons. The molecule has 36 heavy (non-hydrogen) atoms. The molecule has 1 saturated heterocycles. The third-order valence-corrected chi connectivity index (χ3v) is 6.62. The number of halogens is 3. The van der Waals surface area contributed by atoms with Crippen molar-refractivity contribution in [1.29, 1.82) is 0 Å². The van der Waals surface area contributed by atoms with Gasteiger partial charge < -0.3 is 20.9 Å². The van der Waals surface area contributed by atoms with Gasteiger partial charge in [0.2, 0.25) is 0 Å². The lowest BCUT2D eigenvalue weighted by molar-refractivity contribution is -0.136. The Balaban J connectivity index is 1.42. The number of hydrogen-bond acceptors (Lipinski definition) is 6. The van der Waals surface area contributed by atoms with E-state index in [1.807, 2.05) is 0 Å². The van der Waals surface area contributed by atoms with Crippen molar-refractivity contribution >= 4 is 11.6 Å². The summed E-state index contributed by atoms with van der Waals surface area (Å²) in [4.78, 5) is 21.0. The van der Waals surface area contributed by atoms with Gasteiger partial charge >= 0.3 is 0 Å². The third-order valence-electron chi connectivity index (χ3n) is 6.62. The number of amides is 1. The lowest BCUT2D eigenvalue weighted by atomic mass is 9.90. The molecule has 1 amide bonds. The highest BCUT2D eigenvalue weighted by molar-refractivity contribution is 6.03. The van der Waals surface area contributed by atoms with Crippen molar-refractivity contribution in [3.05, 3.63) is 77.0 Å². The molecule has 1 saturated carbocycles. The van der Waals surface area contributed by atoms with Gasteiger partial charge in [-0.15, -0.1) is 0 Å². The Bertz CT molecular complexity index is 1290. The van der Waals surface area contributed by atoms with Crippen LogP contribution in [0.1, 0.15) is 47.0 Å². The number of aromatic nitrogens is 2. The third kappa shape index (κ3) is 4.71. The fourth-order valence-electron chi connectivity index (χ4n) is 4.62. The zero-order valence-electron chi connectivity index (χ0n) is 19.4. The molecule has 3 heterocycles. The number of pyridine rings is 2. The summed E-state index contributed by atoms with van der Waals surface area (Å²) in [5, 5.41) is 13.1. The minimum Gasteiger partial charge on any atom is -0.389 e. The molecule has 0 radical (unpaired) electrons. The summed E-state index contributed by atoms with van der Waals surface area (Å²) >= 11 is 0. The maximum absolute atomic E-state index is 14.5. The Morgan fingerprint density at radius 2 is 1.86 bits per heavy atom.